The Morgan fingerprint density at radius 2 is 1.74 bits per heavy atom. The van der Waals surface area contributed by atoms with Crippen LogP contribution in [-0.4, -0.2) is 55.7 Å². The van der Waals surface area contributed by atoms with E-state index in [9.17, 15) is 5.11 Å². The van der Waals surface area contributed by atoms with Crippen LogP contribution in [-0.2, 0) is 22.6 Å². The zero-order valence-electron chi connectivity index (χ0n) is 23.1. The number of aliphatic hydroxyl groups is 1. The molecule has 8 heteroatoms. The van der Waals surface area contributed by atoms with Crippen molar-refractivity contribution in [1.82, 2.24) is 10.2 Å². The molecular formula is C30H44Cl2N2O4. The Labute approximate surface area is 238 Å². The SMILES string of the molecule is CN(CCCCOCCCCCCNCC(O)c1ccc2c(c1)COC(C)(C)O2)Cc1c(Cl)cccc1Cl. The lowest BCUT2D eigenvalue weighted by Gasteiger charge is -2.33. The zero-order valence-corrected chi connectivity index (χ0v) is 24.6. The molecule has 2 aromatic rings. The summed E-state index contributed by atoms with van der Waals surface area (Å²) in [6.45, 7) is 9.10. The van der Waals surface area contributed by atoms with Crippen LogP contribution in [0, 0.1) is 0 Å². The molecule has 1 atom stereocenters. The second-order valence-corrected chi connectivity index (χ2v) is 11.4. The van der Waals surface area contributed by atoms with E-state index in [0.717, 1.165) is 104 Å². The highest BCUT2D eigenvalue weighted by Crippen LogP contribution is 2.33. The smallest absolute Gasteiger partial charge is 0.205 e. The van der Waals surface area contributed by atoms with Crippen LogP contribution in [0.25, 0.3) is 0 Å². The van der Waals surface area contributed by atoms with Crippen LogP contribution in [0.1, 0.15) is 75.2 Å². The van der Waals surface area contributed by atoms with E-state index in [0.29, 0.717) is 13.2 Å². The Morgan fingerprint density at radius 3 is 2.50 bits per heavy atom. The first-order valence-corrected chi connectivity index (χ1v) is 14.5. The zero-order chi connectivity index (χ0) is 27.4. The highest BCUT2D eigenvalue weighted by Gasteiger charge is 2.27. The number of benzene rings is 2. The van der Waals surface area contributed by atoms with Gasteiger partial charge < -0.3 is 29.5 Å². The first kappa shape index (κ1) is 31.2. The van der Waals surface area contributed by atoms with Crippen LogP contribution in [0.3, 0.4) is 0 Å². The van der Waals surface area contributed by atoms with Crippen molar-refractivity contribution >= 4 is 23.2 Å². The van der Waals surface area contributed by atoms with E-state index in [4.69, 9.17) is 37.4 Å². The minimum Gasteiger partial charge on any atom is -0.463 e. The molecule has 3 rings (SSSR count). The molecule has 1 heterocycles. The molecule has 0 amide bonds. The Morgan fingerprint density at radius 1 is 1.03 bits per heavy atom. The van der Waals surface area contributed by atoms with Gasteiger partial charge in [0.2, 0.25) is 5.79 Å². The van der Waals surface area contributed by atoms with Crippen LogP contribution >= 0.6 is 23.2 Å². The summed E-state index contributed by atoms with van der Waals surface area (Å²) in [5.41, 5.74) is 2.86. The van der Waals surface area contributed by atoms with E-state index in [1.54, 1.807) is 0 Å². The third kappa shape index (κ3) is 10.6. The summed E-state index contributed by atoms with van der Waals surface area (Å²) in [5, 5.41) is 15.3. The van der Waals surface area contributed by atoms with E-state index >= 15 is 0 Å². The average Bonchev–Trinajstić information content (AvgIpc) is 2.88. The minimum absolute atomic E-state index is 0.498. The molecule has 2 aromatic carbocycles. The third-order valence-corrected chi connectivity index (χ3v) is 7.41. The molecule has 0 aliphatic carbocycles. The van der Waals surface area contributed by atoms with Crippen molar-refractivity contribution in [3.63, 3.8) is 0 Å². The fourth-order valence-electron chi connectivity index (χ4n) is 4.45. The Balaban J connectivity index is 1.14. The van der Waals surface area contributed by atoms with E-state index in [2.05, 4.69) is 17.3 Å². The van der Waals surface area contributed by atoms with E-state index in [1.165, 1.54) is 0 Å². The molecule has 38 heavy (non-hydrogen) atoms. The standard InChI is InChI=1S/C30H44Cl2N2O4/c1-30(2)37-22-24-19-23(13-14-29(24)38-30)28(35)20-33-15-6-4-5-8-17-36-18-9-7-16-34(3)21-25-26(31)11-10-12-27(25)32/h10-14,19,28,33,35H,4-9,15-18,20-22H2,1-3H3. The van der Waals surface area contributed by atoms with Crippen LogP contribution in [0.4, 0.5) is 0 Å². The summed E-state index contributed by atoms with van der Waals surface area (Å²) in [4.78, 5) is 2.25. The minimum atomic E-state index is -0.604. The molecule has 0 radical (unpaired) electrons. The highest BCUT2D eigenvalue weighted by atomic mass is 35.5. The molecule has 0 spiro atoms. The van der Waals surface area contributed by atoms with E-state index in [1.807, 2.05) is 50.2 Å². The summed E-state index contributed by atoms with van der Waals surface area (Å²) in [6.07, 6.45) is 6.09. The maximum Gasteiger partial charge on any atom is 0.205 e. The van der Waals surface area contributed by atoms with Gasteiger partial charge in [0, 0.05) is 61.3 Å². The summed E-state index contributed by atoms with van der Waals surface area (Å²) < 4.78 is 17.3. The molecule has 0 saturated heterocycles. The number of halogens is 2. The van der Waals surface area contributed by atoms with Gasteiger partial charge in [0.25, 0.3) is 0 Å². The molecular weight excluding hydrogens is 523 g/mol. The second kappa shape index (κ2) is 16.0. The lowest BCUT2D eigenvalue weighted by atomic mass is 10.0. The summed E-state index contributed by atoms with van der Waals surface area (Å²) in [5.74, 6) is 0.226. The van der Waals surface area contributed by atoms with Gasteiger partial charge in [0.05, 0.1) is 12.7 Å². The van der Waals surface area contributed by atoms with Crippen LogP contribution in [0.5, 0.6) is 5.75 Å². The van der Waals surface area contributed by atoms with Crippen molar-refractivity contribution < 1.29 is 19.3 Å². The number of rotatable bonds is 17. The quantitative estimate of drug-likeness (QED) is 0.206. The van der Waals surface area contributed by atoms with E-state index < -0.39 is 11.9 Å². The summed E-state index contributed by atoms with van der Waals surface area (Å²) in [6, 6.07) is 11.5. The van der Waals surface area contributed by atoms with Crippen molar-refractivity contribution in [2.75, 3.05) is 39.9 Å². The first-order valence-electron chi connectivity index (χ1n) is 13.8. The van der Waals surface area contributed by atoms with Crippen molar-refractivity contribution in [2.24, 2.45) is 0 Å². The third-order valence-electron chi connectivity index (χ3n) is 6.70. The molecule has 0 fully saturated rings. The monoisotopic (exact) mass is 566 g/mol. The second-order valence-electron chi connectivity index (χ2n) is 10.5. The van der Waals surface area contributed by atoms with Crippen LogP contribution in [0.15, 0.2) is 36.4 Å². The van der Waals surface area contributed by atoms with Crippen molar-refractivity contribution in [1.29, 1.82) is 0 Å². The van der Waals surface area contributed by atoms with Gasteiger partial charge in [-0.2, -0.15) is 0 Å². The fourth-order valence-corrected chi connectivity index (χ4v) is 4.97. The fraction of sp³-hybridized carbons (Fsp3) is 0.600. The predicted octanol–water partition coefficient (Wildman–Crippen LogP) is 6.75. The maximum absolute atomic E-state index is 10.5. The molecule has 0 aromatic heterocycles. The van der Waals surface area contributed by atoms with Gasteiger partial charge in [-0.25, -0.2) is 0 Å². The number of aliphatic hydroxyl groups excluding tert-OH is 1. The normalized spacial score (nSPS) is 15.3. The Kier molecular flexibility index (Phi) is 13.1. The predicted molar refractivity (Wildman–Crippen MR) is 155 cm³/mol. The van der Waals surface area contributed by atoms with Crippen molar-refractivity contribution in [3.05, 3.63) is 63.1 Å². The molecule has 1 aliphatic rings. The number of hydrogen-bond donors (Lipinski definition) is 2. The van der Waals surface area contributed by atoms with Gasteiger partial charge >= 0.3 is 0 Å². The Bertz CT molecular complexity index is 968. The number of fused-ring (bicyclic) bond motifs is 1. The number of ether oxygens (including phenoxy) is 3. The molecule has 1 aliphatic heterocycles. The van der Waals surface area contributed by atoms with Gasteiger partial charge in [-0.1, -0.05) is 48.2 Å². The van der Waals surface area contributed by atoms with Crippen molar-refractivity contribution in [2.45, 2.75) is 77.4 Å². The molecule has 2 N–H and O–H groups in total. The topological polar surface area (TPSA) is 63.2 Å². The van der Waals surface area contributed by atoms with Gasteiger partial charge in [0.1, 0.15) is 5.75 Å². The first-order chi connectivity index (χ1) is 18.2. The molecule has 1 unspecified atom stereocenters. The van der Waals surface area contributed by atoms with Gasteiger partial charge in [-0.15, -0.1) is 0 Å². The summed E-state index contributed by atoms with van der Waals surface area (Å²) >= 11 is 12.5. The molecule has 0 bridgehead atoms. The number of unbranched alkanes of at least 4 members (excludes halogenated alkanes) is 4. The van der Waals surface area contributed by atoms with E-state index in [-0.39, 0.29) is 0 Å². The molecule has 6 nitrogen and oxygen atoms in total. The largest absolute Gasteiger partial charge is 0.463 e. The van der Waals surface area contributed by atoms with Gasteiger partial charge in [0.15, 0.2) is 0 Å². The van der Waals surface area contributed by atoms with Crippen LogP contribution < -0.4 is 10.1 Å². The van der Waals surface area contributed by atoms with Crippen molar-refractivity contribution in [3.8, 4) is 5.75 Å². The molecule has 0 saturated carbocycles. The van der Waals surface area contributed by atoms with Crippen LogP contribution in [0.2, 0.25) is 10.0 Å². The number of hydrogen-bond acceptors (Lipinski definition) is 6. The average molecular weight is 568 g/mol. The maximum atomic E-state index is 10.5. The number of nitrogens with zero attached hydrogens (tertiary/aromatic N) is 1. The number of nitrogens with one attached hydrogen (secondary N) is 1. The highest BCUT2D eigenvalue weighted by molar-refractivity contribution is 6.35. The lowest BCUT2D eigenvalue weighted by Crippen LogP contribution is -2.35. The van der Waals surface area contributed by atoms with Gasteiger partial charge in [-0.3, -0.25) is 0 Å². The Hall–Kier alpha value is -1.38. The summed E-state index contributed by atoms with van der Waals surface area (Å²) in [7, 11) is 2.09. The lowest BCUT2D eigenvalue weighted by molar-refractivity contribution is -0.180. The molecule has 212 valence electrons. The van der Waals surface area contributed by atoms with Gasteiger partial charge in [-0.05, 0) is 75.6 Å².